The molecule has 1 aromatic carbocycles. The van der Waals surface area contributed by atoms with Crippen LogP contribution in [-0.2, 0) is 10.0 Å². The van der Waals surface area contributed by atoms with Crippen LogP contribution in [0.1, 0.15) is 10.4 Å². The van der Waals surface area contributed by atoms with E-state index in [1.807, 2.05) is 0 Å². The molecule has 0 radical (unpaired) electrons. The third-order valence-electron chi connectivity index (χ3n) is 2.97. The maximum absolute atomic E-state index is 13.2. The number of carboxylic acids is 1. The standard InChI is InChI=1S/C11H12FNO5S/c12-8-1-2-9(11(15)16)10(3-8)19(17,18)13-4-7(5-13)6-14/h1-3,7,14H,4-6H2,(H,15,16). The first kappa shape index (κ1) is 13.9. The van der Waals surface area contributed by atoms with Crippen LogP contribution in [0, 0.1) is 11.7 Å². The van der Waals surface area contributed by atoms with Gasteiger partial charge in [-0.1, -0.05) is 0 Å². The van der Waals surface area contributed by atoms with Crippen molar-refractivity contribution in [2.45, 2.75) is 4.90 Å². The van der Waals surface area contributed by atoms with Gasteiger partial charge in [-0.05, 0) is 18.2 Å². The highest BCUT2D eigenvalue weighted by molar-refractivity contribution is 7.89. The summed E-state index contributed by atoms with van der Waals surface area (Å²) in [5.74, 6) is -2.41. The molecule has 0 amide bonds. The quantitative estimate of drug-likeness (QED) is 0.822. The van der Waals surface area contributed by atoms with Crippen molar-refractivity contribution in [1.29, 1.82) is 0 Å². The Morgan fingerprint density at radius 1 is 1.42 bits per heavy atom. The van der Waals surface area contributed by atoms with Gasteiger partial charge in [0.1, 0.15) is 5.82 Å². The zero-order chi connectivity index (χ0) is 14.2. The summed E-state index contributed by atoms with van der Waals surface area (Å²) in [5.41, 5.74) is -0.464. The van der Waals surface area contributed by atoms with Gasteiger partial charge in [-0.2, -0.15) is 4.31 Å². The summed E-state index contributed by atoms with van der Waals surface area (Å²) in [6.07, 6.45) is 0. The van der Waals surface area contributed by atoms with Crippen molar-refractivity contribution in [2.24, 2.45) is 5.92 Å². The van der Waals surface area contributed by atoms with Crippen LogP contribution in [0.3, 0.4) is 0 Å². The zero-order valence-corrected chi connectivity index (χ0v) is 10.6. The summed E-state index contributed by atoms with van der Waals surface area (Å²) < 4.78 is 38.5. The molecule has 104 valence electrons. The van der Waals surface area contributed by atoms with Crippen molar-refractivity contribution in [1.82, 2.24) is 4.31 Å². The number of carbonyl (C=O) groups is 1. The predicted molar refractivity (Wildman–Crippen MR) is 62.7 cm³/mol. The molecule has 0 spiro atoms. The van der Waals surface area contributed by atoms with E-state index in [0.29, 0.717) is 6.07 Å². The van der Waals surface area contributed by atoms with Crippen LogP contribution in [0.5, 0.6) is 0 Å². The van der Waals surface area contributed by atoms with E-state index in [4.69, 9.17) is 10.2 Å². The maximum atomic E-state index is 13.2. The third kappa shape index (κ3) is 2.46. The number of rotatable bonds is 4. The summed E-state index contributed by atoms with van der Waals surface area (Å²) in [7, 11) is -4.04. The molecule has 0 bridgehead atoms. The first-order valence-electron chi connectivity index (χ1n) is 5.50. The topological polar surface area (TPSA) is 94.9 Å². The van der Waals surface area contributed by atoms with Gasteiger partial charge in [0.05, 0.1) is 10.5 Å². The van der Waals surface area contributed by atoms with Crippen LogP contribution >= 0.6 is 0 Å². The molecule has 8 heteroatoms. The van der Waals surface area contributed by atoms with Crippen LogP contribution in [0.25, 0.3) is 0 Å². The molecule has 2 N–H and O–H groups in total. The first-order chi connectivity index (χ1) is 8.86. The molecule has 0 unspecified atom stereocenters. The maximum Gasteiger partial charge on any atom is 0.337 e. The van der Waals surface area contributed by atoms with Crippen LogP contribution in [0.4, 0.5) is 4.39 Å². The summed E-state index contributed by atoms with van der Waals surface area (Å²) in [5, 5.41) is 17.8. The van der Waals surface area contributed by atoms with Crippen molar-refractivity contribution in [3.8, 4) is 0 Å². The van der Waals surface area contributed by atoms with E-state index in [0.717, 1.165) is 16.4 Å². The average Bonchev–Trinajstić information content (AvgIpc) is 2.26. The van der Waals surface area contributed by atoms with E-state index in [9.17, 15) is 17.6 Å². The Labute approximate surface area is 109 Å². The number of hydrogen-bond donors (Lipinski definition) is 2. The third-order valence-corrected chi connectivity index (χ3v) is 4.85. The predicted octanol–water partition coefficient (Wildman–Crippen LogP) is 0.137. The lowest BCUT2D eigenvalue weighted by Crippen LogP contribution is -2.51. The minimum atomic E-state index is -4.04. The molecule has 1 aliphatic heterocycles. The highest BCUT2D eigenvalue weighted by Crippen LogP contribution is 2.27. The minimum Gasteiger partial charge on any atom is -0.478 e. The molecule has 1 aliphatic rings. The molecule has 2 rings (SSSR count). The van der Waals surface area contributed by atoms with Crippen molar-refractivity contribution in [3.05, 3.63) is 29.6 Å². The molecule has 1 heterocycles. The second kappa shape index (κ2) is 4.87. The fraction of sp³-hybridized carbons (Fsp3) is 0.364. The molecule has 0 atom stereocenters. The molecular weight excluding hydrogens is 277 g/mol. The van der Waals surface area contributed by atoms with Gasteiger partial charge in [-0.25, -0.2) is 17.6 Å². The number of nitrogens with zero attached hydrogens (tertiary/aromatic N) is 1. The number of aliphatic hydroxyl groups excluding tert-OH is 1. The fourth-order valence-electron chi connectivity index (χ4n) is 1.86. The second-order valence-electron chi connectivity index (χ2n) is 4.32. The van der Waals surface area contributed by atoms with Crippen LogP contribution in [-0.4, -0.2) is 48.6 Å². The molecule has 1 saturated heterocycles. The Morgan fingerprint density at radius 2 is 2.05 bits per heavy atom. The van der Waals surface area contributed by atoms with E-state index < -0.39 is 32.3 Å². The molecule has 1 aromatic rings. The van der Waals surface area contributed by atoms with E-state index in [2.05, 4.69) is 0 Å². The molecule has 0 aromatic heterocycles. The molecule has 0 aliphatic carbocycles. The van der Waals surface area contributed by atoms with Crippen molar-refractivity contribution < 1.29 is 27.8 Å². The van der Waals surface area contributed by atoms with Gasteiger partial charge in [0.25, 0.3) is 0 Å². The van der Waals surface area contributed by atoms with E-state index in [1.165, 1.54) is 0 Å². The highest BCUT2D eigenvalue weighted by Gasteiger charge is 2.38. The van der Waals surface area contributed by atoms with Gasteiger partial charge in [-0.3, -0.25) is 0 Å². The number of aromatic carboxylic acids is 1. The van der Waals surface area contributed by atoms with Gasteiger partial charge in [-0.15, -0.1) is 0 Å². The highest BCUT2D eigenvalue weighted by atomic mass is 32.2. The summed E-state index contributed by atoms with van der Waals surface area (Å²) in [4.78, 5) is 10.4. The van der Waals surface area contributed by atoms with Crippen LogP contribution in [0.15, 0.2) is 23.1 Å². The van der Waals surface area contributed by atoms with Crippen molar-refractivity contribution in [2.75, 3.05) is 19.7 Å². The SMILES string of the molecule is O=C(O)c1ccc(F)cc1S(=O)(=O)N1CC(CO)C1. The number of halogens is 1. The van der Waals surface area contributed by atoms with Gasteiger partial charge >= 0.3 is 5.97 Å². The monoisotopic (exact) mass is 289 g/mol. The van der Waals surface area contributed by atoms with Gasteiger partial charge < -0.3 is 10.2 Å². The first-order valence-corrected chi connectivity index (χ1v) is 6.94. The Kier molecular flexibility index (Phi) is 3.57. The number of aliphatic hydroxyl groups is 1. The lowest BCUT2D eigenvalue weighted by Gasteiger charge is -2.37. The summed E-state index contributed by atoms with van der Waals surface area (Å²) >= 11 is 0. The number of carboxylic acid groups (broad SMARTS) is 1. The number of hydrogen-bond acceptors (Lipinski definition) is 4. The normalized spacial score (nSPS) is 17.2. The Balaban J connectivity index is 2.41. The zero-order valence-electron chi connectivity index (χ0n) is 9.78. The van der Waals surface area contributed by atoms with Gasteiger partial charge in [0, 0.05) is 25.6 Å². The molecule has 1 fully saturated rings. The Hall–Kier alpha value is -1.51. The lowest BCUT2D eigenvalue weighted by molar-refractivity contribution is 0.0691. The average molecular weight is 289 g/mol. The van der Waals surface area contributed by atoms with Crippen LogP contribution < -0.4 is 0 Å². The van der Waals surface area contributed by atoms with Crippen molar-refractivity contribution in [3.63, 3.8) is 0 Å². The molecule has 19 heavy (non-hydrogen) atoms. The fourth-order valence-corrected chi connectivity index (χ4v) is 3.65. The van der Waals surface area contributed by atoms with E-state index >= 15 is 0 Å². The minimum absolute atomic E-state index is 0.106. The van der Waals surface area contributed by atoms with Crippen LogP contribution in [0.2, 0.25) is 0 Å². The van der Waals surface area contributed by atoms with Gasteiger partial charge in [0.15, 0.2) is 0 Å². The van der Waals surface area contributed by atoms with Gasteiger partial charge in [0.2, 0.25) is 10.0 Å². The molecular formula is C11H12FNO5S. The Morgan fingerprint density at radius 3 is 2.58 bits per heavy atom. The van der Waals surface area contributed by atoms with Crippen molar-refractivity contribution >= 4 is 16.0 Å². The smallest absolute Gasteiger partial charge is 0.337 e. The molecule has 6 nitrogen and oxygen atoms in total. The largest absolute Gasteiger partial charge is 0.478 e. The number of benzene rings is 1. The van der Waals surface area contributed by atoms with E-state index in [-0.39, 0.29) is 25.6 Å². The summed E-state index contributed by atoms with van der Waals surface area (Å²) in [6.45, 7) is 0.0732. The summed E-state index contributed by atoms with van der Waals surface area (Å²) in [6, 6.07) is 2.52. The van der Waals surface area contributed by atoms with E-state index in [1.54, 1.807) is 0 Å². The lowest BCUT2D eigenvalue weighted by atomic mass is 10.1. The molecule has 0 saturated carbocycles. The number of sulfonamides is 1. The Bertz CT molecular complexity index is 610. The second-order valence-corrected chi connectivity index (χ2v) is 6.22.